The summed E-state index contributed by atoms with van der Waals surface area (Å²) in [5, 5.41) is 4.97. The lowest BCUT2D eigenvalue weighted by Gasteiger charge is -2.26. The van der Waals surface area contributed by atoms with Crippen LogP contribution in [0.25, 0.3) is 0 Å². The molecule has 1 aliphatic rings. The monoisotopic (exact) mass is 413 g/mol. The van der Waals surface area contributed by atoms with Crippen LogP contribution in [-0.2, 0) is 16.0 Å². The van der Waals surface area contributed by atoms with E-state index in [1.54, 1.807) is 11.8 Å². The van der Waals surface area contributed by atoms with Gasteiger partial charge in [-0.05, 0) is 55.4 Å². The second-order valence-corrected chi connectivity index (χ2v) is 7.94. The van der Waals surface area contributed by atoms with Crippen LogP contribution < -0.4 is 5.32 Å². The number of ether oxygens (including phenoxy) is 1. The van der Waals surface area contributed by atoms with Gasteiger partial charge in [-0.1, -0.05) is 54.1 Å². The molecule has 5 heteroatoms. The van der Waals surface area contributed by atoms with Crippen LogP contribution in [0.1, 0.15) is 30.4 Å². The van der Waals surface area contributed by atoms with Crippen LogP contribution in [-0.4, -0.2) is 18.8 Å². The molecule has 0 bridgehead atoms. The maximum Gasteiger partial charge on any atom is 0.336 e. The Balaban J connectivity index is 1.70. The van der Waals surface area contributed by atoms with Crippen molar-refractivity contribution in [2.45, 2.75) is 25.7 Å². The molecule has 28 heavy (non-hydrogen) atoms. The summed E-state index contributed by atoms with van der Waals surface area (Å²) in [6.07, 6.45) is 5.75. The van der Waals surface area contributed by atoms with E-state index in [-0.39, 0.29) is 11.9 Å². The molecule has 0 amide bonds. The minimum atomic E-state index is -0.278. The molecule has 2 aromatic carbocycles. The van der Waals surface area contributed by atoms with E-state index in [1.165, 1.54) is 5.56 Å². The van der Waals surface area contributed by atoms with Crippen LogP contribution in [0, 0.1) is 0 Å². The van der Waals surface area contributed by atoms with Crippen molar-refractivity contribution < 1.29 is 9.53 Å². The van der Waals surface area contributed by atoms with Gasteiger partial charge in [0.25, 0.3) is 0 Å². The van der Waals surface area contributed by atoms with E-state index in [2.05, 4.69) is 23.5 Å². The van der Waals surface area contributed by atoms with Crippen LogP contribution in [0.15, 0.2) is 77.0 Å². The van der Waals surface area contributed by atoms with Crippen molar-refractivity contribution >= 4 is 29.3 Å². The Morgan fingerprint density at radius 3 is 2.68 bits per heavy atom. The highest BCUT2D eigenvalue weighted by atomic mass is 35.5. The number of hydrogen-bond acceptors (Lipinski definition) is 4. The van der Waals surface area contributed by atoms with Crippen molar-refractivity contribution in [3.05, 3.63) is 93.1 Å². The molecule has 0 fully saturated rings. The maximum absolute atomic E-state index is 12.9. The third kappa shape index (κ3) is 5.21. The molecule has 1 N–H and O–H groups in total. The average Bonchev–Trinajstić information content (AvgIpc) is 2.71. The third-order valence-corrected chi connectivity index (χ3v) is 5.59. The lowest BCUT2D eigenvalue weighted by molar-refractivity contribution is -0.139. The Morgan fingerprint density at radius 2 is 1.96 bits per heavy atom. The fourth-order valence-corrected chi connectivity index (χ4v) is 4.01. The molecule has 0 spiro atoms. The van der Waals surface area contributed by atoms with Gasteiger partial charge in [0, 0.05) is 16.6 Å². The third-order valence-electron chi connectivity index (χ3n) is 4.68. The van der Waals surface area contributed by atoms with Gasteiger partial charge >= 0.3 is 5.97 Å². The van der Waals surface area contributed by atoms with Gasteiger partial charge in [0.1, 0.15) is 0 Å². The standard InChI is InChI=1S/C23H24ClNO2S/c1-16-22(23(26)27-13-7-10-17-8-4-3-5-9-17)20(15-21(25-16)28-2)18-11-6-12-19(24)14-18/h3-6,8-9,11-12,14-15,20,25H,7,10,13H2,1-2H3. The molecular formula is C23H24ClNO2S. The van der Waals surface area contributed by atoms with E-state index in [9.17, 15) is 4.79 Å². The molecule has 0 saturated carbocycles. The van der Waals surface area contributed by atoms with Crippen LogP contribution in [0.2, 0.25) is 5.02 Å². The fourth-order valence-electron chi connectivity index (χ4n) is 3.29. The number of aryl methyl sites for hydroxylation is 1. The summed E-state index contributed by atoms with van der Waals surface area (Å²) in [6.45, 7) is 2.31. The highest BCUT2D eigenvalue weighted by Crippen LogP contribution is 2.35. The number of allylic oxidation sites excluding steroid dienone is 2. The molecule has 0 aromatic heterocycles. The van der Waals surface area contributed by atoms with Gasteiger partial charge in [-0.15, -0.1) is 11.8 Å². The number of nitrogens with one attached hydrogen (secondary N) is 1. The smallest absolute Gasteiger partial charge is 0.336 e. The van der Waals surface area contributed by atoms with E-state index in [4.69, 9.17) is 16.3 Å². The molecule has 2 aromatic rings. The van der Waals surface area contributed by atoms with Crippen LogP contribution >= 0.6 is 23.4 Å². The summed E-state index contributed by atoms with van der Waals surface area (Å²) in [6, 6.07) is 17.9. The number of hydrogen-bond donors (Lipinski definition) is 1. The largest absolute Gasteiger partial charge is 0.462 e. The number of dihydropyridines is 1. The fraction of sp³-hybridized carbons (Fsp3) is 0.261. The lowest BCUT2D eigenvalue weighted by atomic mass is 9.88. The van der Waals surface area contributed by atoms with Gasteiger partial charge in [0.05, 0.1) is 17.2 Å². The summed E-state index contributed by atoms with van der Waals surface area (Å²) in [4.78, 5) is 12.9. The molecule has 3 rings (SSSR count). The molecule has 0 radical (unpaired) electrons. The van der Waals surface area contributed by atoms with E-state index >= 15 is 0 Å². The molecule has 0 saturated heterocycles. The van der Waals surface area contributed by atoms with E-state index in [0.29, 0.717) is 17.2 Å². The van der Waals surface area contributed by atoms with Gasteiger partial charge in [-0.3, -0.25) is 0 Å². The van der Waals surface area contributed by atoms with Gasteiger partial charge < -0.3 is 10.1 Å². The second-order valence-electron chi connectivity index (χ2n) is 6.66. The molecule has 146 valence electrons. The Bertz CT molecular complexity index is 892. The highest BCUT2D eigenvalue weighted by Gasteiger charge is 2.29. The molecule has 1 unspecified atom stereocenters. The van der Waals surface area contributed by atoms with Crippen LogP contribution in [0.4, 0.5) is 0 Å². The van der Waals surface area contributed by atoms with E-state index in [1.807, 2.05) is 55.6 Å². The summed E-state index contributed by atoms with van der Waals surface area (Å²) in [5.74, 6) is -0.455. The summed E-state index contributed by atoms with van der Waals surface area (Å²) in [5.41, 5.74) is 3.69. The number of benzene rings is 2. The van der Waals surface area contributed by atoms with Crippen LogP contribution in [0.3, 0.4) is 0 Å². The van der Waals surface area contributed by atoms with E-state index < -0.39 is 0 Å². The quantitative estimate of drug-likeness (QED) is 0.468. The first-order chi connectivity index (χ1) is 13.6. The Kier molecular flexibility index (Phi) is 7.24. The van der Waals surface area contributed by atoms with Gasteiger partial charge in [-0.2, -0.15) is 0 Å². The number of carbonyl (C=O) groups excluding carboxylic acids is 1. The van der Waals surface area contributed by atoms with Crippen molar-refractivity contribution in [2.75, 3.05) is 12.9 Å². The first-order valence-corrected chi connectivity index (χ1v) is 10.9. The van der Waals surface area contributed by atoms with Crippen molar-refractivity contribution in [3.63, 3.8) is 0 Å². The first-order valence-electron chi connectivity index (χ1n) is 9.28. The zero-order chi connectivity index (χ0) is 19.9. The van der Waals surface area contributed by atoms with Crippen molar-refractivity contribution in [3.8, 4) is 0 Å². The van der Waals surface area contributed by atoms with Crippen molar-refractivity contribution in [1.29, 1.82) is 0 Å². The predicted octanol–water partition coefficient (Wildman–Crippen LogP) is 5.68. The average molecular weight is 414 g/mol. The molecule has 1 heterocycles. The Hall–Kier alpha value is -2.17. The van der Waals surface area contributed by atoms with Gasteiger partial charge in [-0.25, -0.2) is 4.79 Å². The predicted molar refractivity (Wildman–Crippen MR) is 117 cm³/mol. The number of esters is 1. The zero-order valence-electron chi connectivity index (χ0n) is 16.1. The van der Waals surface area contributed by atoms with E-state index in [0.717, 1.165) is 29.1 Å². The number of halogens is 1. The first kappa shape index (κ1) is 20.6. The normalized spacial score (nSPS) is 16.4. The Labute approximate surface area is 175 Å². The zero-order valence-corrected chi connectivity index (χ0v) is 17.6. The van der Waals surface area contributed by atoms with Crippen molar-refractivity contribution in [2.24, 2.45) is 0 Å². The number of rotatable bonds is 7. The molecule has 3 nitrogen and oxygen atoms in total. The minimum Gasteiger partial charge on any atom is -0.462 e. The number of thioether (sulfide) groups is 1. The van der Waals surface area contributed by atoms with Gasteiger partial charge in [0.2, 0.25) is 0 Å². The molecule has 0 aliphatic carbocycles. The second kappa shape index (κ2) is 9.85. The SMILES string of the molecule is CSC1=CC(c2cccc(Cl)c2)C(C(=O)OCCCc2ccccc2)=C(C)N1. The summed E-state index contributed by atoms with van der Waals surface area (Å²) in [7, 11) is 0. The van der Waals surface area contributed by atoms with Gasteiger partial charge in [0.15, 0.2) is 0 Å². The topological polar surface area (TPSA) is 38.3 Å². The summed E-state index contributed by atoms with van der Waals surface area (Å²) >= 11 is 7.80. The molecule has 1 atom stereocenters. The molecule has 1 aliphatic heterocycles. The minimum absolute atomic E-state index is 0.177. The maximum atomic E-state index is 12.9. The molecular weight excluding hydrogens is 390 g/mol. The van der Waals surface area contributed by atoms with Crippen molar-refractivity contribution in [1.82, 2.24) is 5.32 Å². The Morgan fingerprint density at radius 1 is 1.18 bits per heavy atom. The lowest BCUT2D eigenvalue weighted by Crippen LogP contribution is -2.25. The highest BCUT2D eigenvalue weighted by molar-refractivity contribution is 8.02. The van der Waals surface area contributed by atoms with Crippen LogP contribution in [0.5, 0.6) is 0 Å². The number of carbonyl (C=O) groups is 1. The summed E-state index contributed by atoms with van der Waals surface area (Å²) < 4.78 is 5.62.